The van der Waals surface area contributed by atoms with Crippen LogP contribution in [0.3, 0.4) is 0 Å². The van der Waals surface area contributed by atoms with Gasteiger partial charge in [-0.2, -0.15) is 0 Å². The Kier molecular flexibility index (Phi) is 7.04. The molecule has 0 spiro atoms. The van der Waals surface area contributed by atoms with Crippen molar-refractivity contribution in [3.8, 4) is 0 Å². The van der Waals surface area contributed by atoms with Gasteiger partial charge in [0.15, 0.2) is 0 Å². The largest absolute Gasteiger partial charge is 0.336 e. The van der Waals surface area contributed by atoms with Crippen LogP contribution in [0.1, 0.15) is 15.9 Å². The number of hydrogen-bond donors (Lipinski definition) is 1. The molecule has 1 fully saturated rings. The Morgan fingerprint density at radius 1 is 0.889 bits per heavy atom. The van der Waals surface area contributed by atoms with Gasteiger partial charge in [0.25, 0.3) is 15.9 Å². The standard InChI is InChI=1S/C27H25BrN4O3S/c28-23-10-6-20(7-11-23)19-31-15-17-32(18-16-31)27(33)22-8-12-24(13-9-22)30-36(34,35)25-5-1-3-21-4-2-14-29-26(21)25/h1-14,30H,15-19H2. The van der Waals surface area contributed by atoms with Crippen molar-refractivity contribution in [1.82, 2.24) is 14.8 Å². The summed E-state index contributed by atoms with van der Waals surface area (Å²) in [5.41, 5.74) is 2.58. The molecule has 5 rings (SSSR count). The Morgan fingerprint density at radius 2 is 1.58 bits per heavy atom. The van der Waals surface area contributed by atoms with Gasteiger partial charge in [0.2, 0.25) is 0 Å². The van der Waals surface area contributed by atoms with E-state index in [0.717, 1.165) is 29.5 Å². The second-order valence-electron chi connectivity index (χ2n) is 8.71. The van der Waals surface area contributed by atoms with Gasteiger partial charge in [0.1, 0.15) is 4.90 Å². The number of amides is 1. The first-order valence-corrected chi connectivity index (χ1v) is 13.9. The average molecular weight is 565 g/mol. The molecule has 4 aromatic rings. The van der Waals surface area contributed by atoms with Crippen LogP contribution in [0.2, 0.25) is 0 Å². The second kappa shape index (κ2) is 10.4. The Hall–Kier alpha value is -3.27. The predicted molar refractivity (Wildman–Crippen MR) is 144 cm³/mol. The minimum Gasteiger partial charge on any atom is -0.336 e. The van der Waals surface area contributed by atoms with Gasteiger partial charge in [0.05, 0.1) is 5.52 Å². The van der Waals surface area contributed by atoms with Crippen molar-refractivity contribution in [2.45, 2.75) is 11.4 Å². The molecule has 3 aromatic carbocycles. The van der Waals surface area contributed by atoms with Gasteiger partial charge in [-0.1, -0.05) is 46.3 Å². The number of rotatable bonds is 6. The van der Waals surface area contributed by atoms with Crippen LogP contribution < -0.4 is 4.72 Å². The van der Waals surface area contributed by atoms with E-state index >= 15 is 0 Å². The van der Waals surface area contributed by atoms with Crippen molar-refractivity contribution in [2.24, 2.45) is 0 Å². The van der Waals surface area contributed by atoms with Crippen LogP contribution in [0.5, 0.6) is 0 Å². The Bertz CT molecular complexity index is 1480. The highest BCUT2D eigenvalue weighted by Gasteiger charge is 2.23. The number of halogens is 1. The molecular formula is C27H25BrN4O3S. The van der Waals surface area contributed by atoms with Crippen LogP contribution in [0.4, 0.5) is 5.69 Å². The first kappa shape index (κ1) is 24.4. The van der Waals surface area contributed by atoms with Crippen molar-refractivity contribution in [3.05, 3.63) is 101 Å². The van der Waals surface area contributed by atoms with Crippen LogP contribution in [0.15, 0.2) is 94.4 Å². The van der Waals surface area contributed by atoms with Crippen molar-refractivity contribution in [3.63, 3.8) is 0 Å². The number of fused-ring (bicyclic) bond motifs is 1. The average Bonchev–Trinajstić information content (AvgIpc) is 2.90. The molecule has 9 heteroatoms. The molecule has 0 saturated carbocycles. The van der Waals surface area contributed by atoms with Gasteiger partial charge < -0.3 is 4.90 Å². The lowest BCUT2D eigenvalue weighted by Gasteiger charge is -2.34. The monoisotopic (exact) mass is 564 g/mol. The molecule has 1 aliphatic heterocycles. The molecule has 2 heterocycles. The molecule has 0 aliphatic carbocycles. The summed E-state index contributed by atoms with van der Waals surface area (Å²) in [5.74, 6) is -0.0500. The van der Waals surface area contributed by atoms with Crippen LogP contribution in [0.25, 0.3) is 10.9 Å². The van der Waals surface area contributed by atoms with Crippen LogP contribution in [0, 0.1) is 0 Å². The number of sulfonamides is 1. The summed E-state index contributed by atoms with van der Waals surface area (Å²) < 4.78 is 29.7. The van der Waals surface area contributed by atoms with Crippen LogP contribution >= 0.6 is 15.9 Å². The molecular weight excluding hydrogens is 540 g/mol. The van der Waals surface area contributed by atoms with Crippen molar-refractivity contribution in [2.75, 3.05) is 30.9 Å². The molecule has 0 unspecified atom stereocenters. The number of anilines is 1. The zero-order valence-corrected chi connectivity index (χ0v) is 21.9. The molecule has 7 nitrogen and oxygen atoms in total. The number of para-hydroxylation sites is 1. The van der Waals surface area contributed by atoms with E-state index in [1.807, 2.05) is 29.2 Å². The SMILES string of the molecule is O=C(c1ccc(NS(=O)(=O)c2cccc3cccnc23)cc1)N1CCN(Cc2ccc(Br)cc2)CC1. The van der Waals surface area contributed by atoms with E-state index in [9.17, 15) is 13.2 Å². The fraction of sp³-hybridized carbons (Fsp3) is 0.185. The summed E-state index contributed by atoms with van der Waals surface area (Å²) in [5, 5.41) is 0.748. The third kappa shape index (κ3) is 5.43. The van der Waals surface area contributed by atoms with Gasteiger partial charge in [-0.3, -0.25) is 19.4 Å². The van der Waals surface area contributed by atoms with E-state index < -0.39 is 10.0 Å². The second-order valence-corrected chi connectivity index (χ2v) is 11.3. The third-order valence-electron chi connectivity index (χ3n) is 6.25. The highest BCUT2D eigenvalue weighted by atomic mass is 79.9. The van der Waals surface area contributed by atoms with E-state index in [4.69, 9.17) is 0 Å². The lowest BCUT2D eigenvalue weighted by atomic mass is 10.1. The number of carbonyl (C=O) groups is 1. The fourth-order valence-corrected chi connectivity index (χ4v) is 5.83. The summed E-state index contributed by atoms with van der Waals surface area (Å²) >= 11 is 3.46. The lowest BCUT2D eigenvalue weighted by molar-refractivity contribution is 0.0628. The Morgan fingerprint density at radius 3 is 2.31 bits per heavy atom. The molecule has 0 atom stereocenters. The Labute approximate surface area is 218 Å². The number of hydrogen-bond acceptors (Lipinski definition) is 5. The highest BCUT2D eigenvalue weighted by molar-refractivity contribution is 9.10. The van der Waals surface area contributed by atoms with E-state index in [-0.39, 0.29) is 10.8 Å². The normalized spacial score (nSPS) is 14.6. The number of nitrogens with zero attached hydrogens (tertiary/aromatic N) is 3. The van der Waals surface area contributed by atoms with E-state index in [1.165, 1.54) is 11.6 Å². The molecule has 1 aromatic heterocycles. The predicted octanol–water partition coefficient (Wildman–Crippen LogP) is 4.76. The molecule has 184 valence electrons. The number of nitrogens with one attached hydrogen (secondary N) is 1. The maximum atomic E-state index is 13.0. The smallest absolute Gasteiger partial charge is 0.264 e. The highest BCUT2D eigenvalue weighted by Crippen LogP contribution is 2.24. The molecule has 0 bridgehead atoms. The molecule has 1 saturated heterocycles. The topological polar surface area (TPSA) is 82.6 Å². The summed E-state index contributed by atoms with van der Waals surface area (Å²) in [4.78, 5) is 21.6. The lowest BCUT2D eigenvalue weighted by Crippen LogP contribution is -2.48. The number of piperazine rings is 1. The number of carbonyl (C=O) groups excluding carboxylic acids is 1. The first-order valence-electron chi connectivity index (χ1n) is 11.6. The van der Waals surface area contributed by atoms with Gasteiger partial charge >= 0.3 is 0 Å². The molecule has 36 heavy (non-hydrogen) atoms. The quantitative estimate of drug-likeness (QED) is 0.365. The van der Waals surface area contributed by atoms with Crippen LogP contribution in [-0.2, 0) is 16.6 Å². The van der Waals surface area contributed by atoms with Gasteiger partial charge in [-0.15, -0.1) is 0 Å². The van der Waals surface area contributed by atoms with Crippen molar-refractivity contribution < 1.29 is 13.2 Å². The molecule has 1 aliphatic rings. The third-order valence-corrected chi connectivity index (χ3v) is 8.19. The van der Waals surface area contributed by atoms with Crippen LogP contribution in [-0.4, -0.2) is 55.3 Å². The summed E-state index contributed by atoms with van der Waals surface area (Å²) in [7, 11) is -3.84. The molecule has 1 N–H and O–H groups in total. The zero-order chi connectivity index (χ0) is 25.1. The van der Waals surface area contributed by atoms with E-state index in [1.54, 1.807) is 42.6 Å². The minimum absolute atomic E-state index is 0.0500. The zero-order valence-electron chi connectivity index (χ0n) is 19.5. The summed E-state index contributed by atoms with van der Waals surface area (Å²) in [6.07, 6.45) is 1.57. The van der Waals surface area contributed by atoms with E-state index in [0.29, 0.717) is 29.9 Å². The van der Waals surface area contributed by atoms with Gasteiger partial charge in [-0.25, -0.2) is 8.42 Å². The summed E-state index contributed by atoms with van der Waals surface area (Å²) in [6, 6.07) is 23.5. The molecule has 0 radical (unpaired) electrons. The van der Waals surface area contributed by atoms with Crippen molar-refractivity contribution in [1.29, 1.82) is 0 Å². The summed E-state index contributed by atoms with van der Waals surface area (Å²) in [6.45, 7) is 3.77. The van der Waals surface area contributed by atoms with Crippen molar-refractivity contribution >= 4 is 48.5 Å². The van der Waals surface area contributed by atoms with E-state index in [2.05, 4.69) is 42.7 Å². The van der Waals surface area contributed by atoms with Gasteiger partial charge in [-0.05, 0) is 54.1 Å². The number of aromatic nitrogens is 1. The maximum absolute atomic E-state index is 13.0. The first-order chi connectivity index (χ1) is 17.4. The Balaban J connectivity index is 1.21. The van der Waals surface area contributed by atoms with Gasteiger partial charge in [0, 0.05) is 60.0 Å². The molecule has 1 amide bonds. The number of pyridine rings is 1. The maximum Gasteiger partial charge on any atom is 0.264 e. The fourth-order valence-electron chi connectivity index (χ4n) is 4.32. The number of benzene rings is 3. The minimum atomic E-state index is -3.84.